The molecule has 2 aromatic rings. The van der Waals surface area contributed by atoms with Crippen molar-refractivity contribution in [3.8, 4) is 0 Å². The van der Waals surface area contributed by atoms with Gasteiger partial charge in [-0.2, -0.15) is 0 Å². The van der Waals surface area contributed by atoms with Gasteiger partial charge in [-0.3, -0.25) is 14.4 Å². The van der Waals surface area contributed by atoms with Gasteiger partial charge < -0.3 is 25.6 Å². The second-order valence-corrected chi connectivity index (χ2v) is 8.09. The third-order valence-corrected chi connectivity index (χ3v) is 5.33. The van der Waals surface area contributed by atoms with Crippen LogP contribution in [0.4, 0.5) is 16.2 Å². The topological polar surface area (TPSA) is 117 Å². The largest absolute Gasteiger partial charge is 0.466 e. The fourth-order valence-corrected chi connectivity index (χ4v) is 3.75. The number of amides is 4. The number of urea groups is 1. The molecule has 1 aliphatic rings. The summed E-state index contributed by atoms with van der Waals surface area (Å²) in [6, 6.07) is 14.2. The average molecular weight is 467 g/mol. The number of fused-ring (bicyclic) bond motifs is 1. The highest BCUT2D eigenvalue weighted by Crippen LogP contribution is 2.31. The van der Waals surface area contributed by atoms with Gasteiger partial charge in [0.05, 0.1) is 13.0 Å². The molecule has 1 heterocycles. The van der Waals surface area contributed by atoms with Gasteiger partial charge in [-0.05, 0) is 43.5 Å². The molecule has 0 saturated carbocycles. The van der Waals surface area contributed by atoms with Crippen LogP contribution in [0.5, 0.6) is 0 Å². The molecular weight excluding hydrogens is 436 g/mol. The van der Waals surface area contributed by atoms with Gasteiger partial charge >= 0.3 is 12.0 Å². The Morgan fingerprint density at radius 1 is 1.09 bits per heavy atom. The molecule has 0 fully saturated rings. The quantitative estimate of drug-likeness (QED) is 0.388. The van der Waals surface area contributed by atoms with Gasteiger partial charge in [0.2, 0.25) is 11.8 Å². The molecule has 3 N–H and O–H groups in total. The maximum absolute atomic E-state index is 12.8. The number of rotatable bonds is 9. The minimum atomic E-state index is -0.454. The molecular formula is C25H30N4O5. The number of nitrogens with one attached hydrogen (secondary N) is 3. The molecule has 0 saturated heterocycles. The Balaban J connectivity index is 1.54. The van der Waals surface area contributed by atoms with Crippen LogP contribution < -0.4 is 20.9 Å². The molecule has 1 atom stereocenters. The minimum absolute atomic E-state index is 0.0433. The minimum Gasteiger partial charge on any atom is -0.466 e. The molecule has 3 rings (SSSR count). The van der Waals surface area contributed by atoms with Crippen LogP contribution in [-0.4, -0.2) is 43.0 Å². The van der Waals surface area contributed by atoms with Crippen LogP contribution in [-0.2, 0) is 32.1 Å². The molecule has 9 nitrogen and oxygen atoms in total. The molecule has 0 aliphatic carbocycles. The van der Waals surface area contributed by atoms with E-state index in [0.717, 1.165) is 11.1 Å². The molecule has 34 heavy (non-hydrogen) atoms. The number of anilines is 2. The number of hydrogen-bond acceptors (Lipinski definition) is 5. The average Bonchev–Trinajstić information content (AvgIpc) is 3.21. The smallest absolute Gasteiger partial charge is 0.319 e. The predicted octanol–water partition coefficient (Wildman–Crippen LogP) is 2.75. The van der Waals surface area contributed by atoms with Gasteiger partial charge in [-0.15, -0.1) is 0 Å². The maximum atomic E-state index is 12.8. The van der Waals surface area contributed by atoms with Gasteiger partial charge in [0.1, 0.15) is 6.42 Å². The SMILES string of the molecule is CCOC(=O)CC(C)NC(=O)CC(=O)N1CCc2ccc(NC(=O)NCc3ccccc3)cc21. The zero-order chi connectivity index (χ0) is 24.5. The van der Waals surface area contributed by atoms with Crippen molar-refractivity contribution in [3.05, 3.63) is 59.7 Å². The van der Waals surface area contributed by atoms with Crippen molar-refractivity contribution in [2.24, 2.45) is 0 Å². The number of carbonyl (C=O) groups is 4. The zero-order valence-corrected chi connectivity index (χ0v) is 19.4. The first kappa shape index (κ1) is 24.8. The van der Waals surface area contributed by atoms with Crippen LogP contribution in [0.3, 0.4) is 0 Å². The van der Waals surface area contributed by atoms with Crippen molar-refractivity contribution in [2.75, 3.05) is 23.4 Å². The van der Waals surface area contributed by atoms with E-state index in [9.17, 15) is 19.2 Å². The summed E-state index contributed by atoms with van der Waals surface area (Å²) in [7, 11) is 0. The number of esters is 1. The summed E-state index contributed by atoms with van der Waals surface area (Å²) in [6.07, 6.45) is 0.381. The standard InChI is InChI=1S/C25H30N4O5/c1-3-34-24(32)13-17(2)27-22(30)15-23(31)29-12-11-19-9-10-20(14-21(19)29)28-25(33)26-16-18-7-5-4-6-8-18/h4-10,14,17H,3,11-13,15-16H2,1-2H3,(H,27,30)(H2,26,28,33). The van der Waals surface area contributed by atoms with Gasteiger partial charge in [0, 0.05) is 30.5 Å². The summed E-state index contributed by atoms with van der Waals surface area (Å²) in [5.74, 6) is -1.20. The summed E-state index contributed by atoms with van der Waals surface area (Å²) >= 11 is 0. The van der Waals surface area contributed by atoms with Crippen LogP contribution in [0.25, 0.3) is 0 Å². The Morgan fingerprint density at radius 3 is 2.59 bits per heavy atom. The van der Waals surface area contributed by atoms with E-state index in [-0.39, 0.29) is 31.4 Å². The van der Waals surface area contributed by atoms with Crippen LogP contribution >= 0.6 is 0 Å². The molecule has 1 aliphatic heterocycles. The number of hydrogen-bond donors (Lipinski definition) is 3. The first-order valence-corrected chi connectivity index (χ1v) is 11.3. The summed E-state index contributed by atoms with van der Waals surface area (Å²) < 4.78 is 4.87. The van der Waals surface area contributed by atoms with Gasteiger partial charge in [-0.25, -0.2) is 4.79 Å². The summed E-state index contributed by atoms with van der Waals surface area (Å²) in [5.41, 5.74) is 3.19. The third-order valence-electron chi connectivity index (χ3n) is 5.33. The van der Waals surface area contributed by atoms with Crippen molar-refractivity contribution in [3.63, 3.8) is 0 Å². The van der Waals surface area contributed by atoms with Gasteiger partial charge in [0.15, 0.2) is 0 Å². The molecule has 1 unspecified atom stereocenters. The van der Waals surface area contributed by atoms with Crippen molar-refractivity contribution < 1.29 is 23.9 Å². The van der Waals surface area contributed by atoms with E-state index in [4.69, 9.17) is 4.74 Å². The summed E-state index contributed by atoms with van der Waals surface area (Å²) in [6.45, 7) is 4.53. The lowest BCUT2D eigenvalue weighted by atomic mass is 10.1. The Hall–Kier alpha value is -3.88. The molecule has 0 aromatic heterocycles. The number of carbonyl (C=O) groups excluding carboxylic acids is 4. The monoisotopic (exact) mass is 466 g/mol. The highest BCUT2D eigenvalue weighted by molar-refractivity contribution is 6.06. The molecule has 0 radical (unpaired) electrons. The maximum Gasteiger partial charge on any atom is 0.319 e. The van der Waals surface area contributed by atoms with E-state index >= 15 is 0 Å². The van der Waals surface area contributed by atoms with Crippen molar-refractivity contribution in [2.45, 2.75) is 45.7 Å². The first-order valence-electron chi connectivity index (χ1n) is 11.3. The van der Waals surface area contributed by atoms with E-state index < -0.39 is 17.9 Å². The lowest BCUT2D eigenvalue weighted by molar-refractivity contribution is -0.143. The molecule has 2 aromatic carbocycles. The highest BCUT2D eigenvalue weighted by atomic mass is 16.5. The van der Waals surface area contributed by atoms with Crippen LogP contribution in [0, 0.1) is 0 Å². The second-order valence-electron chi connectivity index (χ2n) is 8.09. The number of ether oxygens (including phenoxy) is 1. The van der Waals surface area contributed by atoms with Crippen molar-refractivity contribution in [1.29, 1.82) is 0 Å². The highest BCUT2D eigenvalue weighted by Gasteiger charge is 2.27. The number of benzene rings is 2. The van der Waals surface area contributed by atoms with Gasteiger partial charge in [0.25, 0.3) is 0 Å². The predicted molar refractivity (Wildman–Crippen MR) is 128 cm³/mol. The van der Waals surface area contributed by atoms with E-state index in [1.54, 1.807) is 30.9 Å². The fraction of sp³-hybridized carbons (Fsp3) is 0.360. The number of nitrogens with zero attached hydrogens (tertiary/aromatic N) is 1. The molecule has 0 bridgehead atoms. The van der Waals surface area contributed by atoms with Crippen LogP contribution in [0.2, 0.25) is 0 Å². The lowest BCUT2D eigenvalue weighted by Gasteiger charge is -2.19. The molecule has 180 valence electrons. The first-order chi connectivity index (χ1) is 16.4. The van der Waals surface area contributed by atoms with Crippen LogP contribution in [0.1, 0.15) is 37.8 Å². The van der Waals surface area contributed by atoms with Crippen LogP contribution in [0.15, 0.2) is 48.5 Å². The molecule has 9 heteroatoms. The van der Waals surface area contributed by atoms with E-state index in [0.29, 0.717) is 30.9 Å². The van der Waals surface area contributed by atoms with Crippen molar-refractivity contribution in [1.82, 2.24) is 10.6 Å². The Bertz CT molecular complexity index is 1040. The van der Waals surface area contributed by atoms with E-state index in [1.807, 2.05) is 36.4 Å². The molecule has 4 amide bonds. The molecule has 0 spiro atoms. The lowest BCUT2D eigenvalue weighted by Crippen LogP contribution is -2.39. The van der Waals surface area contributed by atoms with E-state index in [1.165, 1.54) is 0 Å². The second kappa shape index (κ2) is 11.8. The Morgan fingerprint density at radius 2 is 1.85 bits per heavy atom. The Labute approximate surface area is 198 Å². The zero-order valence-electron chi connectivity index (χ0n) is 19.4. The third kappa shape index (κ3) is 7.06. The summed E-state index contributed by atoms with van der Waals surface area (Å²) in [4.78, 5) is 50.5. The van der Waals surface area contributed by atoms with E-state index in [2.05, 4.69) is 16.0 Å². The Kier molecular flexibility index (Phi) is 8.61. The normalized spacial score (nSPS) is 12.9. The fourth-order valence-electron chi connectivity index (χ4n) is 3.75. The van der Waals surface area contributed by atoms with Crippen molar-refractivity contribution >= 4 is 35.2 Å². The van der Waals surface area contributed by atoms with Gasteiger partial charge in [-0.1, -0.05) is 36.4 Å². The summed E-state index contributed by atoms with van der Waals surface area (Å²) in [5, 5.41) is 8.24.